The first-order chi connectivity index (χ1) is 6.54. The van der Waals surface area contributed by atoms with E-state index in [1.54, 1.807) is 13.8 Å². The zero-order valence-corrected chi connectivity index (χ0v) is 11.7. The Morgan fingerprint density at radius 1 is 0.938 bits per heavy atom. The van der Waals surface area contributed by atoms with E-state index >= 15 is 0 Å². The maximum atomic E-state index is 9.52. The molecule has 0 fully saturated rings. The molecular formula is C8H16CaO7. The molecule has 16 heavy (non-hydrogen) atoms. The van der Waals surface area contributed by atoms with E-state index in [1.807, 2.05) is 0 Å². The number of hydrogen-bond donors (Lipinski definition) is 0. The van der Waals surface area contributed by atoms with E-state index in [1.165, 1.54) is 0 Å². The fourth-order valence-electron chi connectivity index (χ4n) is 0.371. The third kappa shape index (κ3) is 36.9. The number of ether oxygens (including phenoxy) is 2. The van der Waals surface area contributed by atoms with E-state index in [4.69, 9.17) is 0 Å². The molecule has 0 radical (unpaired) electrons. The first-order valence-electron chi connectivity index (χ1n) is 4.09. The van der Waals surface area contributed by atoms with Crippen LogP contribution in [0.1, 0.15) is 13.8 Å². The molecule has 0 rings (SSSR count). The molecule has 2 N–H and O–H groups in total. The van der Waals surface area contributed by atoms with Crippen LogP contribution in [0.5, 0.6) is 0 Å². The Morgan fingerprint density at radius 2 is 1.19 bits per heavy atom. The molecule has 0 aromatic heterocycles. The summed E-state index contributed by atoms with van der Waals surface area (Å²) in [6, 6.07) is 0. The van der Waals surface area contributed by atoms with Gasteiger partial charge >= 0.3 is 37.7 Å². The second-order valence-corrected chi connectivity index (χ2v) is 2.02. The molecule has 0 unspecified atom stereocenters. The van der Waals surface area contributed by atoms with Crippen LogP contribution in [-0.2, 0) is 19.1 Å². The summed E-state index contributed by atoms with van der Waals surface area (Å²) in [5.74, 6) is -2.33. The zero-order valence-electron chi connectivity index (χ0n) is 9.49. The summed E-state index contributed by atoms with van der Waals surface area (Å²) in [4.78, 5) is 19.0. The summed E-state index contributed by atoms with van der Waals surface area (Å²) in [5, 5.41) is 19.0. The van der Waals surface area contributed by atoms with Gasteiger partial charge in [0.15, 0.2) is 0 Å². The molecule has 0 aliphatic carbocycles. The summed E-state index contributed by atoms with van der Waals surface area (Å²) in [6.07, 6.45) is 0. The van der Waals surface area contributed by atoms with Crippen molar-refractivity contribution in [2.45, 2.75) is 13.8 Å². The van der Waals surface area contributed by atoms with Crippen LogP contribution in [-0.4, -0.2) is 81.6 Å². The Labute approximate surface area is 124 Å². The third-order valence-corrected chi connectivity index (χ3v) is 0.848. The van der Waals surface area contributed by atoms with E-state index in [2.05, 4.69) is 9.47 Å². The average molecular weight is 264 g/mol. The van der Waals surface area contributed by atoms with Gasteiger partial charge in [-0.25, -0.2) is 0 Å². The molecule has 8 heteroatoms. The average Bonchev–Trinajstić information content (AvgIpc) is 2.12. The van der Waals surface area contributed by atoms with Gasteiger partial charge in [0.1, 0.15) is 0 Å². The summed E-state index contributed by atoms with van der Waals surface area (Å²) in [7, 11) is 0. The minimum absolute atomic E-state index is 0. The van der Waals surface area contributed by atoms with Crippen molar-refractivity contribution in [3.05, 3.63) is 0 Å². The Morgan fingerprint density at radius 3 is 1.25 bits per heavy atom. The zero-order chi connectivity index (χ0) is 11.4. The molecule has 0 atom stereocenters. The van der Waals surface area contributed by atoms with E-state index < -0.39 is 11.9 Å². The normalized spacial score (nSPS) is 7.62. The maximum Gasteiger partial charge on any atom is 2.00 e. The van der Waals surface area contributed by atoms with Crippen molar-refractivity contribution in [3.63, 3.8) is 0 Å². The third-order valence-electron chi connectivity index (χ3n) is 0.848. The molecule has 7 nitrogen and oxygen atoms in total. The predicted molar refractivity (Wildman–Crippen MR) is 52.4 cm³/mol. The standard InChI is InChI=1S/2C4H8O3.Ca.H2O/c2*1-2-7-3-4(5)6;;/h2*2-3H2,1H3,(H,5,6);;1H2/q;;+2;/p-2. The number of aliphatic carboxylic acids is 2. The summed E-state index contributed by atoms with van der Waals surface area (Å²) in [6.45, 7) is 3.71. The molecule has 0 aliphatic heterocycles. The minimum Gasteiger partial charge on any atom is -0.548 e. The molecule has 0 spiro atoms. The summed E-state index contributed by atoms with van der Waals surface area (Å²) in [5.41, 5.74) is 0. The van der Waals surface area contributed by atoms with E-state index in [-0.39, 0.29) is 56.4 Å². The van der Waals surface area contributed by atoms with Crippen molar-refractivity contribution < 1.29 is 34.8 Å². The maximum absolute atomic E-state index is 9.52. The van der Waals surface area contributed by atoms with Crippen molar-refractivity contribution in [1.29, 1.82) is 0 Å². The Hall–Kier alpha value is 0.0797. The van der Waals surface area contributed by atoms with Crippen LogP contribution in [0.4, 0.5) is 0 Å². The van der Waals surface area contributed by atoms with Gasteiger partial charge in [-0.2, -0.15) is 0 Å². The second kappa shape index (κ2) is 20.5. The van der Waals surface area contributed by atoms with Crippen LogP contribution in [0.2, 0.25) is 0 Å². The molecule has 0 amide bonds. The monoisotopic (exact) mass is 264 g/mol. The number of carboxylic acid groups (broad SMARTS) is 2. The van der Waals surface area contributed by atoms with E-state index in [9.17, 15) is 19.8 Å². The van der Waals surface area contributed by atoms with Gasteiger partial charge in [-0.15, -0.1) is 0 Å². The van der Waals surface area contributed by atoms with Crippen LogP contribution >= 0.6 is 0 Å². The van der Waals surface area contributed by atoms with Gasteiger partial charge in [0.05, 0.1) is 25.2 Å². The number of carboxylic acids is 2. The molecule has 0 aromatic carbocycles. The Bertz CT molecular complexity index is 144. The van der Waals surface area contributed by atoms with Crippen LogP contribution < -0.4 is 10.2 Å². The van der Waals surface area contributed by atoms with Crippen molar-refractivity contribution in [3.8, 4) is 0 Å². The molecule has 0 saturated heterocycles. The van der Waals surface area contributed by atoms with Gasteiger partial charge in [0, 0.05) is 13.2 Å². The van der Waals surface area contributed by atoms with Crippen molar-refractivity contribution >= 4 is 49.7 Å². The van der Waals surface area contributed by atoms with E-state index in [0.717, 1.165) is 0 Å². The van der Waals surface area contributed by atoms with Gasteiger partial charge < -0.3 is 34.8 Å². The summed E-state index contributed by atoms with van der Waals surface area (Å²) >= 11 is 0. The molecular weight excluding hydrogens is 248 g/mol. The van der Waals surface area contributed by atoms with Crippen LogP contribution in [0.3, 0.4) is 0 Å². The Balaban J connectivity index is -0.0000000800. The van der Waals surface area contributed by atoms with Crippen molar-refractivity contribution in [2.24, 2.45) is 0 Å². The molecule has 0 aliphatic rings. The Kier molecular flexibility index (Phi) is 32.1. The first-order valence-corrected chi connectivity index (χ1v) is 4.09. The number of rotatable bonds is 6. The first kappa shape index (κ1) is 25.1. The number of carbonyl (C=O) groups is 2. The fraction of sp³-hybridized carbons (Fsp3) is 0.750. The molecule has 0 bridgehead atoms. The van der Waals surface area contributed by atoms with Crippen molar-refractivity contribution in [2.75, 3.05) is 26.4 Å². The summed E-state index contributed by atoms with van der Waals surface area (Å²) < 4.78 is 8.87. The quantitative estimate of drug-likeness (QED) is 0.454. The molecule has 0 aromatic rings. The fourth-order valence-corrected chi connectivity index (χ4v) is 0.371. The van der Waals surface area contributed by atoms with Crippen LogP contribution in [0, 0.1) is 0 Å². The van der Waals surface area contributed by atoms with E-state index in [0.29, 0.717) is 13.2 Å². The predicted octanol–water partition coefficient (Wildman–Crippen LogP) is -3.66. The molecule has 0 saturated carbocycles. The molecule has 0 heterocycles. The van der Waals surface area contributed by atoms with Gasteiger partial charge in [-0.3, -0.25) is 0 Å². The SMILES string of the molecule is CCOCC(=O)[O-].CCOCC(=O)[O-].O.[Ca+2]. The van der Waals surface area contributed by atoms with Crippen molar-refractivity contribution in [1.82, 2.24) is 0 Å². The van der Waals surface area contributed by atoms with Crippen LogP contribution in [0.15, 0.2) is 0 Å². The largest absolute Gasteiger partial charge is 2.00 e. The second-order valence-electron chi connectivity index (χ2n) is 2.02. The van der Waals surface area contributed by atoms with Gasteiger partial charge in [0.25, 0.3) is 0 Å². The van der Waals surface area contributed by atoms with Crippen LogP contribution in [0.25, 0.3) is 0 Å². The minimum atomic E-state index is -1.16. The number of carbonyl (C=O) groups excluding carboxylic acids is 2. The van der Waals surface area contributed by atoms with Gasteiger partial charge in [-0.1, -0.05) is 0 Å². The smallest absolute Gasteiger partial charge is 0.548 e. The molecule has 92 valence electrons. The number of hydrogen-bond acceptors (Lipinski definition) is 6. The topological polar surface area (TPSA) is 130 Å². The van der Waals surface area contributed by atoms with Gasteiger partial charge in [0.2, 0.25) is 0 Å². The van der Waals surface area contributed by atoms with Gasteiger partial charge in [-0.05, 0) is 13.8 Å².